The van der Waals surface area contributed by atoms with E-state index in [4.69, 9.17) is 14.2 Å². The zero-order chi connectivity index (χ0) is 31.8. The van der Waals surface area contributed by atoms with Crippen LogP contribution in [0.15, 0.2) is 48.7 Å². The molecule has 1 aliphatic rings. The smallest absolute Gasteiger partial charge is 0.417 e. The second-order valence-electron chi connectivity index (χ2n) is 10.8. The maximum atomic E-state index is 12.9. The molecule has 2 aromatic carbocycles. The number of aromatic nitrogens is 1. The molecule has 0 bridgehead atoms. The number of nitro benzene ring substituents is 1. The zero-order valence-corrected chi connectivity index (χ0v) is 25.6. The fraction of sp³-hybridized carbons (Fsp3) is 0.400. The van der Waals surface area contributed by atoms with Gasteiger partial charge in [0.15, 0.2) is 0 Å². The van der Waals surface area contributed by atoms with Gasteiger partial charge in [-0.1, -0.05) is 0 Å². The van der Waals surface area contributed by atoms with Crippen LogP contribution in [0.2, 0.25) is 0 Å². The molecule has 0 saturated heterocycles. The van der Waals surface area contributed by atoms with Crippen LogP contribution in [-0.2, 0) is 9.47 Å². The summed E-state index contributed by atoms with van der Waals surface area (Å²) in [6.07, 6.45) is 2.70. The summed E-state index contributed by atoms with van der Waals surface area (Å²) in [6.45, 7) is 7.08. The first-order valence-corrected chi connectivity index (χ1v) is 15.1. The lowest BCUT2D eigenvalue weighted by molar-refractivity contribution is -0.384. The first kappa shape index (κ1) is 32.2. The van der Waals surface area contributed by atoms with Crippen LogP contribution in [0.3, 0.4) is 0 Å². The molecule has 14 heteroatoms. The average Bonchev–Trinajstić information content (AvgIpc) is 3.43. The molecule has 0 unspecified atom stereocenters. The largest absolute Gasteiger partial charge is 0.447 e. The maximum absolute atomic E-state index is 12.9. The average molecular weight is 626 g/mol. The monoisotopic (exact) mass is 625 g/mol. The molecule has 234 valence electrons. The van der Waals surface area contributed by atoms with E-state index in [2.05, 4.69) is 20.9 Å². The Morgan fingerprint density at radius 2 is 1.57 bits per heavy atom. The highest BCUT2D eigenvalue weighted by molar-refractivity contribution is 7.15. The molecule has 1 aromatic heterocycles. The SMILES string of the molecule is CC(C)OC(=O)Nc1ccc(-c2cnc([C@H]3CC[C@H](NC(=O)OC(C)C)CC3)s2)c(NC(=O)Oc2ccc([N+](=O)[O-])cc2)c1. The summed E-state index contributed by atoms with van der Waals surface area (Å²) in [5.41, 5.74) is 1.26. The van der Waals surface area contributed by atoms with E-state index in [0.29, 0.717) is 16.9 Å². The minimum absolute atomic E-state index is 0.0527. The van der Waals surface area contributed by atoms with Crippen molar-refractivity contribution in [3.05, 3.63) is 63.8 Å². The van der Waals surface area contributed by atoms with Crippen molar-refractivity contribution in [3.8, 4) is 16.2 Å². The van der Waals surface area contributed by atoms with Gasteiger partial charge in [-0.3, -0.25) is 20.7 Å². The minimum Gasteiger partial charge on any atom is -0.447 e. The molecule has 1 fully saturated rings. The van der Waals surface area contributed by atoms with Gasteiger partial charge in [0.1, 0.15) is 5.75 Å². The van der Waals surface area contributed by atoms with Gasteiger partial charge in [-0.05, 0) is 83.7 Å². The van der Waals surface area contributed by atoms with Crippen LogP contribution < -0.4 is 20.7 Å². The van der Waals surface area contributed by atoms with E-state index in [9.17, 15) is 24.5 Å². The molecule has 0 radical (unpaired) electrons. The van der Waals surface area contributed by atoms with Crippen molar-refractivity contribution in [1.82, 2.24) is 10.3 Å². The van der Waals surface area contributed by atoms with Crippen molar-refractivity contribution in [2.75, 3.05) is 10.6 Å². The minimum atomic E-state index is -0.825. The molecule has 44 heavy (non-hydrogen) atoms. The molecule has 1 aliphatic carbocycles. The van der Waals surface area contributed by atoms with Crippen LogP contribution in [0, 0.1) is 10.1 Å². The number of non-ortho nitro benzene ring substituents is 1. The molecule has 1 heterocycles. The summed E-state index contributed by atoms with van der Waals surface area (Å²) >= 11 is 1.50. The second-order valence-corrected chi connectivity index (χ2v) is 11.9. The van der Waals surface area contributed by atoms with Gasteiger partial charge < -0.3 is 19.5 Å². The van der Waals surface area contributed by atoms with Crippen molar-refractivity contribution in [2.45, 2.75) is 77.5 Å². The second kappa shape index (κ2) is 14.6. The third-order valence-electron chi connectivity index (χ3n) is 6.63. The number of nitro groups is 1. The Hall–Kier alpha value is -4.72. The van der Waals surface area contributed by atoms with Gasteiger partial charge >= 0.3 is 18.3 Å². The number of hydrogen-bond acceptors (Lipinski definition) is 10. The number of amides is 3. The molecule has 4 rings (SSSR count). The molecular weight excluding hydrogens is 590 g/mol. The van der Waals surface area contributed by atoms with Crippen molar-refractivity contribution >= 4 is 46.7 Å². The Balaban J connectivity index is 1.49. The molecule has 3 amide bonds. The maximum Gasteiger partial charge on any atom is 0.417 e. The summed E-state index contributed by atoms with van der Waals surface area (Å²) in [5.74, 6) is 0.343. The number of thiazole rings is 1. The molecular formula is C30H35N5O8S. The molecule has 0 spiro atoms. The lowest BCUT2D eigenvalue weighted by atomic mass is 9.86. The fourth-order valence-corrected chi connectivity index (χ4v) is 5.81. The third-order valence-corrected chi connectivity index (χ3v) is 7.83. The van der Waals surface area contributed by atoms with Gasteiger partial charge in [0, 0.05) is 41.5 Å². The van der Waals surface area contributed by atoms with Crippen LogP contribution in [0.1, 0.15) is 64.3 Å². The summed E-state index contributed by atoms with van der Waals surface area (Å²) in [7, 11) is 0. The quantitative estimate of drug-likeness (QED) is 0.161. The predicted molar refractivity (Wildman–Crippen MR) is 165 cm³/mol. The highest BCUT2D eigenvalue weighted by atomic mass is 32.1. The number of alkyl carbamates (subject to hydrolysis) is 1. The van der Waals surface area contributed by atoms with Crippen LogP contribution in [0.25, 0.3) is 10.4 Å². The molecule has 1 saturated carbocycles. The van der Waals surface area contributed by atoms with Gasteiger partial charge in [0.05, 0.1) is 32.7 Å². The fourth-order valence-electron chi connectivity index (χ4n) is 4.68. The number of carbonyl (C=O) groups is 3. The number of nitrogens with one attached hydrogen (secondary N) is 3. The van der Waals surface area contributed by atoms with E-state index >= 15 is 0 Å². The normalized spacial score (nSPS) is 16.2. The van der Waals surface area contributed by atoms with Gasteiger partial charge in [-0.25, -0.2) is 19.4 Å². The number of rotatable bonds is 9. The number of nitrogens with zero attached hydrogens (tertiary/aromatic N) is 2. The highest BCUT2D eigenvalue weighted by Crippen LogP contribution is 2.40. The first-order chi connectivity index (χ1) is 21.0. The molecule has 0 atom stereocenters. The van der Waals surface area contributed by atoms with Crippen molar-refractivity contribution < 1.29 is 33.5 Å². The molecule has 13 nitrogen and oxygen atoms in total. The molecule has 0 aliphatic heterocycles. The Labute approximate surface area is 258 Å². The van der Waals surface area contributed by atoms with Crippen LogP contribution >= 0.6 is 11.3 Å². The van der Waals surface area contributed by atoms with E-state index < -0.39 is 23.2 Å². The van der Waals surface area contributed by atoms with Gasteiger partial charge in [-0.2, -0.15) is 0 Å². The topological polar surface area (TPSA) is 171 Å². The van der Waals surface area contributed by atoms with Crippen molar-refractivity contribution in [1.29, 1.82) is 0 Å². The van der Waals surface area contributed by atoms with Crippen LogP contribution in [0.5, 0.6) is 5.75 Å². The highest BCUT2D eigenvalue weighted by Gasteiger charge is 2.26. The Morgan fingerprint density at radius 1 is 0.909 bits per heavy atom. The Bertz CT molecular complexity index is 1480. The summed E-state index contributed by atoms with van der Waals surface area (Å²) in [5, 5.41) is 20.2. The number of hydrogen-bond donors (Lipinski definition) is 3. The Kier molecular flexibility index (Phi) is 10.7. The summed E-state index contributed by atoms with van der Waals surface area (Å²) in [6, 6.07) is 10.2. The van der Waals surface area contributed by atoms with Crippen molar-refractivity contribution in [2.24, 2.45) is 0 Å². The van der Waals surface area contributed by atoms with E-state index in [1.54, 1.807) is 38.2 Å². The van der Waals surface area contributed by atoms with E-state index in [1.165, 1.54) is 35.6 Å². The van der Waals surface area contributed by atoms with Crippen LogP contribution in [-0.4, -0.2) is 46.4 Å². The molecule has 3 aromatic rings. The first-order valence-electron chi connectivity index (χ1n) is 14.2. The predicted octanol–water partition coefficient (Wildman–Crippen LogP) is 7.45. The summed E-state index contributed by atoms with van der Waals surface area (Å²) < 4.78 is 15.7. The number of carbonyl (C=O) groups excluding carboxylic acids is 3. The Morgan fingerprint density at radius 3 is 2.20 bits per heavy atom. The lowest BCUT2D eigenvalue weighted by Crippen LogP contribution is -2.38. The van der Waals surface area contributed by atoms with Crippen molar-refractivity contribution in [3.63, 3.8) is 0 Å². The van der Waals surface area contributed by atoms with Crippen LogP contribution in [0.4, 0.5) is 31.4 Å². The number of benzene rings is 2. The van der Waals surface area contributed by atoms with E-state index in [0.717, 1.165) is 35.6 Å². The zero-order valence-electron chi connectivity index (χ0n) is 24.8. The van der Waals surface area contributed by atoms with E-state index in [-0.39, 0.29) is 35.6 Å². The van der Waals surface area contributed by atoms with Gasteiger partial charge in [0.25, 0.3) is 5.69 Å². The number of ether oxygens (including phenoxy) is 3. The number of anilines is 2. The summed E-state index contributed by atoms with van der Waals surface area (Å²) in [4.78, 5) is 52.9. The van der Waals surface area contributed by atoms with E-state index in [1.807, 2.05) is 13.8 Å². The van der Waals surface area contributed by atoms with Gasteiger partial charge in [0.2, 0.25) is 0 Å². The standard InChI is InChI=1S/C30H35N5O8S/c1-17(2)41-28(36)32-20-7-5-19(6-8-20)27-31-16-26(44-27)24-14-9-21(33-29(37)42-18(3)4)15-25(24)34-30(38)43-23-12-10-22(11-13-23)35(39)40/h9-20H,5-8H2,1-4H3,(H,32,36)(H,33,37)(H,34,38)/t19-,20-. The lowest BCUT2D eigenvalue weighted by Gasteiger charge is -2.28. The molecule has 3 N–H and O–H groups in total. The third kappa shape index (κ3) is 9.14. The van der Waals surface area contributed by atoms with Gasteiger partial charge in [-0.15, -0.1) is 11.3 Å².